The maximum atomic E-state index is 13.7. The fourth-order valence-electron chi connectivity index (χ4n) is 3.71. The Morgan fingerprint density at radius 2 is 1.52 bits per heavy atom. The van der Waals surface area contributed by atoms with Crippen LogP contribution < -0.4 is 0 Å². The SMILES string of the molecule is O=C(O)CCC(C/C=C/c1ccccc1Cl)(C(=O)/C=C/c1ccc(Cl)cc1)c1ccccc1. The van der Waals surface area contributed by atoms with Crippen molar-refractivity contribution in [1.82, 2.24) is 0 Å². The van der Waals surface area contributed by atoms with E-state index in [9.17, 15) is 14.7 Å². The summed E-state index contributed by atoms with van der Waals surface area (Å²) in [5, 5.41) is 10.6. The van der Waals surface area contributed by atoms with Gasteiger partial charge in [0.15, 0.2) is 5.78 Å². The molecule has 0 aliphatic heterocycles. The number of aliphatic carboxylic acids is 1. The van der Waals surface area contributed by atoms with Crippen LogP contribution in [0.4, 0.5) is 0 Å². The van der Waals surface area contributed by atoms with Crippen molar-refractivity contribution in [2.24, 2.45) is 0 Å². The third-order valence-corrected chi connectivity index (χ3v) is 6.13. The molecule has 33 heavy (non-hydrogen) atoms. The highest BCUT2D eigenvalue weighted by Gasteiger charge is 2.37. The maximum Gasteiger partial charge on any atom is 0.303 e. The van der Waals surface area contributed by atoms with E-state index < -0.39 is 11.4 Å². The average molecular weight is 479 g/mol. The highest BCUT2D eigenvalue weighted by molar-refractivity contribution is 6.32. The van der Waals surface area contributed by atoms with Gasteiger partial charge in [0.1, 0.15) is 0 Å². The first-order valence-electron chi connectivity index (χ1n) is 10.6. The van der Waals surface area contributed by atoms with E-state index in [0.29, 0.717) is 16.5 Å². The first kappa shape index (κ1) is 24.5. The minimum atomic E-state index is -1.03. The van der Waals surface area contributed by atoms with Crippen molar-refractivity contribution in [3.8, 4) is 0 Å². The van der Waals surface area contributed by atoms with Gasteiger partial charge in [0.25, 0.3) is 0 Å². The zero-order valence-corrected chi connectivity index (χ0v) is 19.5. The maximum absolute atomic E-state index is 13.7. The number of carboxylic acids is 1. The predicted octanol–water partition coefficient (Wildman–Crippen LogP) is 7.48. The van der Waals surface area contributed by atoms with Crippen LogP contribution in [0.3, 0.4) is 0 Å². The first-order chi connectivity index (χ1) is 15.9. The quantitative estimate of drug-likeness (QED) is 0.307. The number of allylic oxidation sites excluding steroid dienone is 2. The largest absolute Gasteiger partial charge is 0.481 e. The van der Waals surface area contributed by atoms with Gasteiger partial charge >= 0.3 is 5.97 Å². The third kappa shape index (κ3) is 6.67. The van der Waals surface area contributed by atoms with Gasteiger partial charge in [0.05, 0.1) is 5.41 Å². The number of hydrogen-bond donors (Lipinski definition) is 1. The summed E-state index contributed by atoms with van der Waals surface area (Å²) < 4.78 is 0. The number of ketones is 1. The van der Waals surface area contributed by atoms with Crippen LogP contribution in [0.5, 0.6) is 0 Å². The monoisotopic (exact) mass is 478 g/mol. The van der Waals surface area contributed by atoms with Crippen LogP contribution >= 0.6 is 23.2 Å². The Morgan fingerprint density at radius 3 is 2.18 bits per heavy atom. The van der Waals surface area contributed by atoms with Crippen molar-refractivity contribution in [3.63, 3.8) is 0 Å². The molecule has 5 heteroatoms. The molecule has 0 heterocycles. The molecule has 3 rings (SSSR count). The van der Waals surface area contributed by atoms with E-state index in [1.54, 1.807) is 24.3 Å². The van der Waals surface area contributed by atoms with Crippen LogP contribution in [-0.4, -0.2) is 16.9 Å². The van der Waals surface area contributed by atoms with Gasteiger partial charge in [-0.25, -0.2) is 0 Å². The van der Waals surface area contributed by atoms with Crippen LogP contribution in [0.15, 0.2) is 91.0 Å². The molecule has 1 N–H and O–H groups in total. The molecule has 0 saturated carbocycles. The van der Waals surface area contributed by atoms with Crippen molar-refractivity contribution < 1.29 is 14.7 Å². The van der Waals surface area contributed by atoms with Crippen molar-refractivity contribution in [2.45, 2.75) is 24.7 Å². The van der Waals surface area contributed by atoms with Crippen molar-refractivity contribution in [1.29, 1.82) is 0 Å². The molecule has 1 atom stereocenters. The summed E-state index contributed by atoms with van der Waals surface area (Å²) in [6, 6.07) is 23.9. The molecule has 0 aliphatic rings. The molecule has 0 radical (unpaired) electrons. The molecule has 0 amide bonds. The molecule has 0 fully saturated rings. The summed E-state index contributed by atoms with van der Waals surface area (Å²) in [5.74, 6) is -1.10. The highest BCUT2D eigenvalue weighted by Crippen LogP contribution is 2.36. The number of carbonyl (C=O) groups is 2. The van der Waals surface area contributed by atoms with Crippen LogP contribution in [0.2, 0.25) is 10.0 Å². The molecule has 3 aromatic carbocycles. The zero-order valence-electron chi connectivity index (χ0n) is 18.0. The van der Waals surface area contributed by atoms with Crippen LogP contribution in [0.25, 0.3) is 12.2 Å². The smallest absolute Gasteiger partial charge is 0.303 e. The Kier molecular flexibility index (Phi) is 8.65. The Balaban J connectivity index is 1.99. The van der Waals surface area contributed by atoms with Crippen molar-refractivity contribution in [3.05, 3.63) is 118 Å². The number of halogens is 2. The van der Waals surface area contributed by atoms with Crippen molar-refractivity contribution in [2.75, 3.05) is 0 Å². The number of hydrogen-bond acceptors (Lipinski definition) is 2. The van der Waals surface area contributed by atoms with Crippen LogP contribution in [-0.2, 0) is 15.0 Å². The normalized spacial score (nSPS) is 13.3. The molecule has 0 bridgehead atoms. The standard InChI is InChI=1S/C28H24Cl2O3/c29-24-15-12-21(13-16-24)14-17-26(31)28(20-18-27(32)33,23-9-2-1-3-10-23)19-6-8-22-7-4-5-11-25(22)30/h1-17H,18-20H2,(H,32,33)/b8-6+,17-14+. The van der Waals surface area contributed by atoms with Gasteiger partial charge in [-0.15, -0.1) is 0 Å². The Labute approximate surface area is 204 Å². The van der Waals surface area contributed by atoms with E-state index in [4.69, 9.17) is 23.2 Å². The summed E-state index contributed by atoms with van der Waals surface area (Å²) in [6.45, 7) is 0. The molecule has 0 aliphatic carbocycles. The minimum absolute atomic E-state index is 0.130. The second-order valence-corrected chi connectivity index (χ2v) is 8.56. The molecular weight excluding hydrogens is 455 g/mol. The van der Waals surface area contributed by atoms with Gasteiger partial charge in [-0.05, 0) is 53.8 Å². The summed E-state index contributed by atoms with van der Waals surface area (Å²) in [7, 11) is 0. The van der Waals surface area contributed by atoms with Gasteiger partial charge in [-0.1, -0.05) is 102 Å². The summed E-state index contributed by atoms with van der Waals surface area (Å²) >= 11 is 12.2. The fraction of sp³-hybridized carbons (Fsp3) is 0.143. The molecule has 0 saturated heterocycles. The lowest BCUT2D eigenvalue weighted by molar-refractivity contribution is -0.137. The topological polar surface area (TPSA) is 54.4 Å². The van der Waals surface area contributed by atoms with E-state index >= 15 is 0 Å². The molecular formula is C28H24Cl2O3. The highest BCUT2D eigenvalue weighted by atomic mass is 35.5. The molecule has 3 nitrogen and oxygen atoms in total. The van der Waals surface area contributed by atoms with E-state index in [2.05, 4.69) is 0 Å². The summed E-state index contributed by atoms with van der Waals surface area (Å²) in [5.41, 5.74) is 1.42. The number of carboxylic acid groups (broad SMARTS) is 1. The lowest BCUT2D eigenvalue weighted by Crippen LogP contribution is -2.35. The van der Waals surface area contributed by atoms with E-state index in [0.717, 1.165) is 16.7 Å². The minimum Gasteiger partial charge on any atom is -0.481 e. The first-order valence-corrected chi connectivity index (χ1v) is 11.3. The lowest BCUT2D eigenvalue weighted by atomic mass is 9.70. The Hall–Kier alpha value is -3.14. The predicted molar refractivity (Wildman–Crippen MR) is 136 cm³/mol. The van der Waals surface area contributed by atoms with Crippen molar-refractivity contribution >= 4 is 47.1 Å². The molecule has 0 spiro atoms. The van der Waals surface area contributed by atoms with Gasteiger partial charge < -0.3 is 5.11 Å². The number of benzene rings is 3. The Morgan fingerprint density at radius 1 is 0.848 bits per heavy atom. The molecule has 3 aromatic rings. The average Bonchev–Trinajstić information content (AvgIpc) is 2.82. The molecule has 168 valence electrons. The summed E-state index contributed by atoms with van der Waals surface area (Å²) in [4.78, 5) is 25.1. The Bertz CT molecular complexity index is 1150. The lowest BCUT2D eigenvalue weighted by Gasteiger charge is -2.31. The van der Waals surface area contributed by atoms with E-state index in [1.165, 1.54) is 6.08 Å². The third-order valence-electron chi connectivity index (χ3n) is 5.53. The van der Waals surface area contributed by atoms with Gasteiger partial charge in [-0.3, -0.25) is 9.59 Å². The van der Waals surface area contributed by atoms with Crippen LogP contribution in [0, 0.1) is 0 Å². The van der Waals surface area contributed by atoms with Crippen LogP contribution in [0.1, 0.15) is 36.0 Å². The zero-order chi connectivity index (χ0) is 23.7. The second kappa shape index (κ2) is 11.6. The van der Waals surface area contributed by atoms with E-state index in [1.807, 2.05) is 72.8 Å². The number of carbonyl (C=O) groups excluding carboxylic acids is 1. The molecule has 1 unspecified atom stereocenters. The van der Waals surface area contributed by atoms with E-state index in [-0.39, 0.29) is 18.6 Å². The fourth-order valence-corrected chi connectivity index (χ4v) is 4.04. The van der Waals surface area contributed by atoms with Gasteiger partial charge in [-0.2, -0.15) is 0 Å². The number of rotatable bonds is 10. The van der Waals surface area contributed by atoms with Gasteiger partial charge in [0, 0.05) is 16.5 Å². The summed E-state index contributed by atoms with van der Waals surface area (Å²) in [6.07, 6.45) is 7.40. The second-order valence-electron chi connectivity index (χ2n) is 7.72. The van der Waals surface area contributed by atoms with Gasteiger partial charge in [0.2, 0.25) is 0 Å². The molecule has 0 aromatic heterocycles.